The molecule has 7 nitrogen and oxygen atoms in total. The van der Waals surface area contributed by atoms with Gasteiger partial charge in [0, 0.05) is 19.3 Å². The van der Waals surface area contributed by atoms with E-state index in [0.717, 1.165) is 5.56 Å². The SMILES string of the molecule is CC[C@@]1(C2CCN(C(=O)c3ncccc3C)CC2)NC(=O)NC1=O. The van der Waals surface area contributed by atoms with Gasteiger partial charge in [-0.2, -0.15) is 0 Å². The molecular weight excluding hydrogens is 308 g/mol. The lowest BCUT2D eigenvalue weighted by atomic mass is 9.76. The van der Waals surface area contributed by atoms with E-state index in [1.807, 2.05) is 26.0 Å². The van der Waals surface area contributed by atoms with Gasteiger partial charge in [0.25, 0.3) is 11.8 Å². The summed E-state index contributed by atoms with van der Waals surface area (Å²) in [6, 6.07) is 3.26. The minimum absolute atomic E-state index is 0.0304. The summed E-state index contributed by atoms with van der Waals surface area (Å²) in [5.74, 6) is -0.291. The van der Waals surface area contributed by atoms with Crippen LogP contribution < -0.4 is 10.6 Å². The number of aryl methyl sites for hydroxylation is 1. The average Bonchev–Trinajstić information content (AvgIpc) is 2.89. The van der Waals surface area contributed by atoms with Crippen LogP contribution in [0.25, 0.3) is 0 Å². The highest BCUT2D eigenvalue weighted by Crippen LogP contribution is 2.33. The Hall–Kier alpha value is -2.44. The molecule has 128 valence electrons. The summed E-state index contributed by atoms with van der Waals surface area (Å²) in [5.41, 5.74) is 0.498. The third-order valence-electron chi connectivity index (χ3n) is 5.22. The van der Waals surface area contributed by atoms with E-state index in [9.17, 15) is 14.4 Å². The van der Waals surface area contributed by atoms with E-state index in [4.69, 9.17) is 0 Å². The Morgan fingerprint density at radius 3 is 2.62 bits per heavy atom. The minimum Gasteiger partial charge on any atom is -0.337 e. The first-order chi connectivity index (χ1) is 11.5. The quantitative estimate of drug-likeness (QED) is 0.816. The fourth-order valence-electron chi connectivity index (χ4n) is 3.77. The monoisotopic (exact) mass is 330 g/mol. The third kappa shape index (κ3) is 2.64. The average molecular weight is 330 g/mol. The highest BCUT2D eigenvalue weighted by molar-refractivity contribution is 6.07. The van der Waals surface area contributed by atoms with Crippen molar-refractivity contribution in [1.82, 2.24) is 20.5 Å². The molecule has 7 heteroatoms. The van der Waals surface area contributed by atoms with Crippen LogP contribution in [0.4, 0.5) is 4.79 Å². The van der Waals surface area contributed by atoms with Crippen LogP contribution in [0.15, 0.2) is 18.3 Å². The largest absolute Gasteiger partial charge is 0.337 e. The van der Waals surface area contributed by atoms with Crippen molar-refractivity contribution in [2.24, 2.45) is 5.92 Å². The van der Waals surface area contributed by atoms with Crippen molar-refractivity contribution in [2.45, 2.75) is 38.6 Å². The zero-order chi connectivity index (χ0) is 17.3. The van der Waals surface area contributed by atoms with Gasteiger partial charge in [-0.3, -0.25) is 19.9 Å². The van der Waals surface area contributed by atoms with Gasteiger partial charge in [-0.05, 0) is 43.7 Å². The summed E-state index contributed by atoms with van der Waals surface area (Å²) in [4.78, 5) is 42.4. The van der Waals surface area contributed by atoms with Crippen LogP contribution in [0.2, 0.25) is 0 Å². The molecule has 2 aliphatic heterocycles. The number of carbonyl (C=O) groups is 3. The van der Waals surface area contributed by atoms with Crippen molar-refractivity contribution in [3.63, 3.8) is 0 Å². The van der Waals surface area contributed by atoms with E-state index in [-0.39, 0.29) is 17.7 Å². The first kappa shape index (κ1) is 16.4. The summed E-state index contributed by atoms with van der Waals surface area (Å²) in [5, 5.41) is 5.15. The second-order valence-electron chi connectivity index (χ2n) is 6.47. The molecule has 4 amide bonds. The maximum atomic E-state index is 12.6. The number of likely N-dealkylation sites (tertiary alicyclic amines) is 1. The van der Waals surface area contributed by atoms with Crippen LogP contribution in [0.3, 0.4) is 0 Å². The molecule has 24 heavy (non-hydrogen) atoms. The predicted octanol–water partition coefficient (Wildman–Crippen LogP) is 1.23. The molecule has 0 unspecified atom stereocenters. The number of hydrogen-bond acceptors (Lipinski definition) is 4. The van der Waals surface area contributed by atoms with E-state index in [2.05, 4.69) is 15.6 Å². The van der Waals surface area contributed by atoms with Gasteiger partial charge in [0.1, 0.15) is 11.2 Å². The van der Waals surface area contributed by atoms with Crippen molar-refractivity contribution in [3.8, 4) is 0 Å². The van der Waals surface area contributed by atoms with Crippen LogP contribution in [-0.4, -0.2) is 46.4 Å². The molecule has 2 saturated heterocycles. The molecule has 0 aliphatic carbocycles. The Balaban J connectivity index is 1.70. The smallest absolute Gasteiger partial charge is 0.322 e. The highest BCUT2D eigenvalue weighted by Gasteiger charge is 2.51. The number of pyridine rings is 1. The molecule has 2 N–H and O–H groups in total. The van der Waals surface area contributed by atoms with E-state index >= 15 is 0 Å². The summed E-state index contributed by atoms with van der Waals surface area (Å²) >= 11 is 0. The Bertz CT molecular complexity index is 682. The maximum absolute atomic E-state index is 12.6. The lowest BCUT2D eigenvalue weighted by Gasteiger charge is -2.40. The van der Waals surface area contributed by atoms with E-state index < -0.39 is 11.6 Å². The standard InChI is InChI=1S/C17H22N4O3/c1-3-17(15(23)19-16(24)20-17)12-6-9-21(10-7-12)14(22)13-11(2)5-4-8-18-13/h4-5,8,12H,3,6-7,9-10H2,1-2H3,(H2,19,20,23,24)/t17-/m0/s1. The molecule has 0 aromatic carbocycles. The Morgan fingerprint density at radius 2 is 2.08 bits per heavy atom. The fraction of sp³-hybridized carbons (Fsp3) is 0.529. The normalized spacial score (nSPS) is 24.7. The van der Waals surface area contributed by atoms with Crippen molar-refractivity contribution in [2.75, 3.05) is 13.1 Å². The van der Waals surface area contributed by atoms with Crippen molar-refractivity contribution in [3.05, 3.63) is 29.6 Å². The molecule has 1 aromatic heterocycles. The van der Waals surface area contributed by atoms with Crippen LogP contribution in [0, 0.1) is 12.8 Å². The van der Waals surface area contributed by atoms with Crippen LogP contribution in [0.5, 0.6) is 0 Å². The molecule has 0 radical (unpaired) electrons. The van der Waals surface area contributed by atoms with Gasteiger partial charge in [-0.25, -0.2) is 4.79 Å². The van der Waals surface area contributed by atoms with Crippen LogP contribution in [-0.2, 0) is 4.79 Å². The predicted molar refractivity (Wildman–Crippen MR) is 87.3 cm³/mol. The zero-order valence-electron chi connectivity index (χ0n) is 14.0. The van der Waals surface area contributed by atoms with Crippen molar-refractivity contribution < 1.29 is 14.4 Å². The number of aromatic nitrogens is 1. The van der Waals surface area contributed by atoms with Crippen LogP contribution >= 0.6 is 0 Å². The molecule has 3 heterocycles. The molecule has 2 aliphatic rings. The third-order valence-corrected chi connectivity index (χ3v) is 5.22. The van der Waals surface area contributed by atoms with E-state index in [1.54, 1.807) is 11.1 Å². The molecule has 0 bridgehead atoms. The maximum Gasteiger partial charge on any atom is 0.322 e. The lowest BCUT2D eigenvalue weighted by Crippen LogP contribution is -2.56. The topological polar surface area (TPSA) is 91.4 Å². The number of urea groups is 1. The molecule has 1 aromatic rings. The van der Waals surface area contributed by atoms with Gasteiger partial charge in [0.2, 0.25) is 0 Å². The van der Waals surface area contributed by atoms with Gasteiger partial charge in [-0.15, -0.1) is 0 Å². The van der Waals surface area contributed by atoms with Gasteiger partial charge >= 0.3 is 6.03 Å². The first-order valence-corrected chi connectivity index (χ1v) is 8.32. The van der Waals surface area contributed by atoms with Crippen LogP contribution in [0.1, 0.15) is 42.2 Å². The van der Waals surface area contributed by atoms with Crippen molar-refractivity contribution >= 4 is 17.8 Å². The van der Waals surface area contributed by atoms with Gasteiger partial charge in [0.15, 0.2) is 0 Å². The molecule has 1 atom stereocenters. The number of carbonyl (C=O) groups excluding carboxylic acids is 3. The Kier molecular flexibility index (Phi) is 4.26. The molecular formula is C17H22N4O3. The molecule has 0 saturated carbocycles. The second-order valence-corrected chi connectivity index (χ2v) is 6.47. The number of amides is 4. The molecule has 3 rings (SSSR count). The lowest BCUT2D eigenvalue weighted by molar-refractivity contribution is -0.126. The van der Waals surface area contributed by atoms with Crippen molar-refractivity contribution in [1.29, 1.82) is 0 Å². The second kappa shape index (κ2) is 6.22. The fourth-order valence-corrected chi connectivity index (χ4v) is 3.77. The zero-order valence-corrected chi connectivity index (χ0v) is 14.0. The summed E-state index contributed by atoms with van der Waals surface area (Å²) in [6.07, 6.45) is 3.53. The number of piperidine rings is 1. The number of nitrogens with one attached hydrogen (secondary N) is 2. The van der Waals surface area contributed by atoms with E-state index in [1.165, 1.54) is 0 Å². The minimum atomic E-state index is -0.840. The number of rotatable bonds is 3. The van der Waals surface area contributed by atoms with Gasteiger partial charge < -0.3 is 10.2 Å². The molecule has 0 spiro atoms. The summed E-state index contributed by atoms with van der Waals surface area (Å²) in [6.45, 7) is 4.90. The first-order valence-electron chi connectivity index (χ1n) is 8.32. The van der Waals surface area contributed by atoms with Gasteiger partial charge in [0.05, 0.1) is 0 Å². The molecule has 2 fully saturated rings. The number of nitrogens with zero attached hydrogens (tertiary/aromatic N) is 2. The van der Waals surface area contributed by atoms with Gasteiger partial charge in [-0.1, -0.05) is 13.0 Å². The number of imide groups is 1. The Labute approximate surface area is 140 Å². The summed E-state index contributed by atoms with van der Waals surface area (Å²) < 4.78 is 0. The highest BCUT2D eigenvalue weighted by atomic mass is 16.2. The summed E-state index contributed by atoms with van der Waals surface area (Å²) in [7, 11) is 0. The Morgan fingerprint density at radius 1 is 1.38 bits per heavy atom. The van der Waals surface area contributed by atoms with E-state index in [0.29, 0.717) is 38.0 Å². The number of hydrogen-bond donors (Lipinski definition) is 2.